The van der Waals surface area contributed by atoms with Crippen molar-refractivity contribution in [2.24, 2.45) is 0 Å². The van der Waals surface area contributed by atoms with Crippen LogP contribution in [0.25, 0.3) is 6.08 Å². The van der Waals surface area contributed by atoms with Gasteiger partial charge in [0.2, 0.25) is 0 Å². The van der Waals surface area contributed by atoms with Crippen molar-refractivity contribution in [3.05, 3.63) is 23.8 Å². The molecule has 1 N–H and O–H groups in total. The highest BCUT2D eigenvalue weighted by Gasteiger charge is 2.08. The SMILES string of the molecule is COc1cc(O)c(C=CC=O)c(OC)c1. The maximum Gasteiger partial charge on any atom is 0.142 e. The molecule has 0 atom stereocenters. The maximum absolute atomic E-state index is 10.2. The Labute approximate surface area is 87.7 Å². The highest BCUT2D eigenvalue weighted by atomic mass is 16.5. The minimum atomic E-state index is 0.00398. The lowest BCUT2D eigenvalue weighted by molar-refractivity contribution is -0.104. The Hall–Kier alpha value is -1.97. The van der Waals surface area contributed by atoms with E-state index < -0.39 is 0 Å². The second-order valence-electron chi connectivity index (χ2n) is 2.76. The zero-order valence-electron chi connectivity index (χ0n) is 8.56. The van der Waals surface area contributed by atoms with Crippen molar-refractivity contribution in [2.75, 3.05) is 14.2 Å². The van der Waals surface area contributed by atoms with Crippen molar-refractivity contribution >= 4 is 12.4 Å². The fourth-order valence-electron chi connectivity index (χ4n) is 1.18. The number of phenolic OH excluding ortho intramolecular Hbond substituents is 1. The van der Waals surface area contributed by atoms with E-state index in [4.69, 9.17) is 9.47 Å². The summed E-state index contributed by atoms with van der Waals surface area (Å²) in [4.78, 5) is 10.2. The molecule has 4 nitrogen and oxygen atoms in total. The van der Waals surface area contributed by atoms with Gasteiger partial charge in [0.15, 0.2) is 0 Å². The molecule has 0 amide bonds. The van der Waals surface area contributed by atoms with Crippen LogP contribution in [0.3, 0.4) is 0 Å². The molecular weight excluding hydrogens is 196 g/mol. The Bertz CT molecular complexity index is 382. The number of hydrogen-bond donors (Lipinski definition) is 1. The first kappa shape index (κ1) is 11.1. The Morgan fingerprint density at radius 2 is 2.00 bits per heavy atom. The molecule has 15 heavy (non-hydrogen) atoms. The third-order valence-electron chi connectivity index (χ3n) is 1.89. The molecule has 0 unspecified atom stereocenters. The zero-order chi connectivity index (χ0) is 11.3. The minimum absolute atomic E-state index is 0.00398. The average molecular weight is 208 g/mol. The number of aldehydes is 1. The van der Waals surface area contributed by atoms with Crippen molar-refractivity contribution in [3.63, 3.8) is 0 Å². The molecule has 0 bridgehead atoms. The standard InChI is InChI=1S/C11H12O4/c1-14-8-6-10(13)9(4-3-5-12)11(7-8)15-2/h3-7,13H,1-2H3. The minimum Gasteiger partial charge on any atom is -0.507 e. The van der Waals surface area contributed by atoms with Gasteiger partial charge in [0.1, 0.15) is 23.5 Å². The molecule has 0 aliphatic heterocycles. The van der Waals surface area contributed by atoms with Crippen LogP contribution >= 0.6 is 0 Å². The van der Waals surface area contributed by atoms with Crippen molar-refractivity contribution in [1.29, 1.82) is 0 Å². The van der Waals surface area contributed by atoms with E-state index in [0.717, 1.165) is 0 Å². The van der Waals surface area contributed by atoms with Crippen molar-refractivity contribution in [3.8, 4) is 17.2 Å². The Kier molecular flexibility index (Phi) is 3.74. The predicted molar refractivity (Wildman–Crippen MR) is 56.3 cm³/mol. The number of benzene rings is 1. The van der Waals surface area contributed by atoms with Gasteiger partial charge in [-0.25, -0.2) is 0 Å². The fraction of sp³-hybridized carbons (Fsp3) is 0.182. The summed E-state index contributed by atoms with van der Waals surface area (Å²) in [7, 11) is 2.97. The molecular formula is C11H12O4. The molecule has 1 aromatic rings. The van der Waals surface area contributed by atoms with Gasteiger partial charge in [0, 0.05) is 12.1 Å². The second-order valence-corrected chi connectivity index (χ2v) is 2.76. The molecule has 1 aromatic carbocycles. The van der Waals surface area contributed by atoms with Gasteiger partial charge < -0.3 is 14.6 Å². The van der Waals surface area contributed by atoms with E-state index in [1.165, 1.54) is 32.4 Å². The summed E-state index contributed by atoms with van der Waals surface area (Å²) in [6.07, 6.45) is 3.38. The zero-order valence-corrected chi connectivity index (χ0v) is 8.56. The molecule has 0 aliphatic carbocycles. The smallest absolute Gasteiger partial charge is 0.142 e. The quantitative estimate of drug-likeness (QED) is 0.603. The van der Waals surface area contributed by atoms with Crippen LogP contribution in [0.5, 0.6) is 17.2 Å². The number of carbonyl (C=O) groups is 1. The summed E-state index contributed by atoms with van der Waals surface area (Å²) in [5, 5.41) is 9.63. The van der Waals surface area contributed by atoms with Crippen LogP contribution in [-0.4, -0.2) is 25.6 Å². The lowest BCUT2D eigenvalue weighted by Gasteiger charge is -2.09. The first-order chi connectivity index (χ1) is 7.22. The number of phenols is 1. The van der Waals surface area contributed by atoms with Crippen LogP contribution in [-0.2, 0) is 4.79 Å². The number of methoxy groups -OCH3 is 2. The summed E-state index contributed by atoms with van der Waals surface area (Å²) < 4.78 is 10.0. The number of allylic oxidation sites excluding steroid dienone is 1. The normalized spacial score (nSPS) is 10.3. The van der Waals surface area contributed by atoms with Gasteiger partial charge in [-0.05, 0) is 12.2 Å². The lowest BCUT2D eigenvalue weighted by Crippen LogP contribution is -1.90. The van der Waals surface area contributed by atoms with E-state index in [-0.39, 0.29) is 5.75 Å². The Morgan fingerprint density at radius 3 is 2.53 bits per heavy atom. The third-order valence-corrected chi connectivity index (χ3v) is 1.89. The topological polar surface area (TPSA) is 55.8 Å². The van der Waals surface area contributed by atoms with Crippen LogP contribution in [0, 0.1) is 0 Å². The molecule has 0 fully saturated rings. The number of hydrogen-bond acceptors (Lipinski definition) is 4. The molecule has 0 aliphatic rings. The van der Waals surface area contributed by atoms with Gasteiger partial charge in [-0.2, -0.15) is 0 Å². The molecule has 0 saturated heterocycles. The van der Waals surface area contributed by atoms with Gasteiger partial charge in [-0.3, -0.25) is 4.79 Å². The average Bonchev–Trinajstić information content (AvgIpc) is 2.26. The van der Waals surface area contributed by atoms with Crippen LogP contribution in [0.15, 0.2) is 18.2 Å². The van der Waals surface area contributed by atoms with Gasteiger partial charge in [-0.15, -0.1) is 0 Å². The highest BCUT2D eigenvalue weighted by molar-refractivity contribution is 5.77. The summed E-state index contributed by atoms with van der Waals surface area (Å²) in [6.45, 7) is 0. The molecule has 80 valence electrons. The molecule has 0 aromatic heterocycles. The van der Waals surface area contributed by atoms with Gasteiger partial charge in [-0.1, -0.05) is 0 Å². The lowest BCUT2D eigenvalue weighted by atomic mass is 10.1. The first-order valence-corrected chi connectivity index (χ1v) is 4.29. The first-order valence-electron chi connectivity index (χ1n) is 4.29. The predicted octanol–water partition coefficient (Wildman–Crippen LogP) is 1.62. The van der Waals surface area contributed by atoms with E-state index in [9.17, 15) is 9.90 Å². The fourth-order valence-corrected chi connectivity index (χ4v) is 1.18. The second kappa shape index (κ2) is 5.05. The van der Waals surface area contributed by atoms with Crippen LogP contribution < -0.4 is 9.47 Å². The van der Waals surface area contributed by atoms with Crippen molar-refractivity contribution in [1.82, 2.24) is 0 Å². The van der Waals surface area contributed by atoms with Gasteiger partial charge in [0.25, 0.3) is 0 Å². The molecule has 4 heteroatoms. The molecule has 0 saturated carbocycles. The van der Waals surface area contributed by atoms with Gasteiger partial charge in [0.05, 0.1) is 19.8 Å². The van der Waals surface area contributed by atoms with E-state index in [1.807, 2.05) is 0 Å². The summed E-state index contributed by atoms with van der Waals surface area (Å²) >= 11 is 0. The van der Waals surface area contributed by atoms with E-state index in [2.05, 4.69) is 0 Å². The molecule has 0 radical (unpaired) electrons. The van der Waals surface area contributed by atoms with Crippen molar-refractivity contribution < 1.29 is 19.4 Å². The number of aromatic hydroxyl groups is 1. The summed E-state index contributed by atoms with van der Waals surface area (Å²) in [6, 6.07) is 3.08. The van der Waals surface area contributed by atoms with E-state index in [0.29, 0.717) is 23.3 Å². The largest absolute Gasteiger partial charge is 0.507 e. The summed E-state index contributed by atoms with van der Waals surface area (Å²) in [5.74, 6) is 0.946. The van der Waals surface area contributed by atoms with E-state index >= 15 is 0 Å². The highest BCUT2D eigenvalue weighted by Crippen LogP contribution is 2.33. The molecule has 1 rings (SSSR count). The Morgan fingerprint density at radius 1 is 1.27 bits per heavy atom. The van der Waals surface area contributed by atoms with Crippen LogP contribution in [0.2, 0.25) is 0 Å². The van der Waals surface area contributed by atoms with Crippen LogP contribution in [0.4, 0.5) is 0 Å². The van der Waals surface area contributed by atoms with Crippen LogP contribution in [0.1, 0.15) is 5.56 Å². The number of rotatable bonds is 4. The number of carbonyl (C=O) groups excluding carboxylic acids is 1. The third kappa shape index (κ3) is 2.49. The number of ether oxygens (including phenoxy) is 2. The summed E-state index contributed by atoms with van der Waals surface area (Å²) in [5.41, 5.74) is 0.449. The van der Waals surface area contributed by atoms with Gasteiger partial charge >= 0.3 is 0 Å². The monoisotopic (exact) mass is 208 g/mol. The van der Waals surface area contributed by atoms with Crippen molar-refractivity contribution in [2.45, 2.75) is 0 Å². The molecule has 0 spiro atoms. The molecule has 0 heterocycles. The van der Waals surface area contributed by atoms with E-state index in [1.54, 1.807) is 6.07 Å². The Balaban J connectivity index is 3.24. The maximum atomic E-state index is 10.2.